The zero-order valence-corrected chi connectivity index (χ0v) is 14.8. The Kier molecular flexibility index (Phi) is 5.63. The third kappa shape index (κ3) is 4.67. The zero-order valence-electron chi connectivity index (χ0n) is 13.2. The summed E-state index contributed by atoms with van der Waals surface area (Å²) < 4.78 is 6.53. The zero-order chi connectivity index (χ0) is 16.8. The van der Waals surface area contributed by atoms with Crippen LogP contribution in [0.3, 0.4) is 0 Å². The van der Waals surface area contributed by atoms with Gasteiger partial charge in [0, 0.05) is 31.9 Å². The molecule has 0 saturated carbocycles. The monoisotopic (exact) mass is 390 g/mol. The van der Waals surface area contributed by atoms with E-state index in [2.05, 4.69) is 43.3 Å². The van der Waals surface area contributed by atoms with Gasteiger partial charge in [-0.3, -0.25) is 0 Å². The summed E-state index contributed by atoms with van der Waals surface area (Å²) >= 11 is 3.29. The van der Waals surface area contributed by atoms with Crippen molar-refractivity contribution in [1.82, 2.24) is 20.2 Å². The fourth-order valence-corrected chi connectivity index (χ4v) is 2.79. The summed E-state index contributed by atoms with van der Waals surface area (Å²) in [7, 11) is 0. The van der Waals surface area contributed by atoms with Crippen LogP contribution in [0.1, 0.15) is 12.0 Å². The summed E-state index contributed by atoms with van der Waals surface area (Å²) in [6, 6.07) is 10.4. The van der Waals surface area contributed by atoms with E-state index >= 15 is 0 Å². The molecule has 2 amide bonds. The molecule has 3 rings (SSSR count). The highest BCUT2D eigenvalue weighted by Gasteiger charge is 2.28. The second kappa shape index (κ2) is 8.10. The van der Waals surface area contributed by atoms with Gasteiger partial charge in [-0.2, -0.15) is 0 Å². The lowest BCUT2D eigenvalue weighted by Crippen LogP contribution is -2.40. The largest absolute Gasteiger partial charge is 0.458 e. The van der Waals surface area contributed by atoms with Crippen LogP contribution in [0.2, 0.25) is 0 Å². The smallest absolute Gasteiger partial charge is 0.317 e. The molecule has 0 spiro atoms. The van der Waals surface area contributed by atoms with Crippen molar-refractivity contribution in [3.63, 3.8) is 0 Å². The number of carbonyl (C=O) groups excluding carboxylic acids is 1. The molecule has 6 nitrogen and oxygen atoms in total. The summed E-state index contributed by atoms with van der Waals surface area (Å²) in [5.41, 5.74) is 1.22. The lowest BCUT2D eigenvalue weighted by atomic mass is 10.1. The highest BCUT2D eigenvalue weighted by atomic mass is 79.9. The fraction of sp³-hybridized carbons (Fsp3) is 0.353. The van der Waals surface area contributed by atoms with Crippen LogP contribution < -0.4 is 10.1 Å². The number of amides is 2. The van der Waals surface area contributed by atoms with Crippen molar-refractivity contribution >= 4 is 22.0 Å². The van der Waals surface area contributed by atoms with Crippen LogP contribution in [-0.2, 0) is 6.42 Å². The quantitative estimate of drug-likeness (QED) is 0.851. The van der Waals surface area contributed by atoms with Crippen LogP contribution >= 0.6 is 15.9 Å². The van der Waals surface area contributed by atoms with Gasteiger partial charge in [0.05, 0.1) is 11.0 Å². The molecular weight excluding hydrogens is 372 g/mol. The Bertz CT molecular complexity index is 666. The topological polar surface area (TPSA) is 67.4 Å². The van der Waals surface area contributed by atoms with Gasteiger partial charge in [0.15, 0.2) is 0 Å². The molecule has 7 heteroatoms. The second-order valence-corrected chi connectivity index (χ2v) is 6.54. The molecule has 1 aromatic heterocycles. The number of ether oxygens (including phenoxy) is 1. The van der Waals surface area contributed by atoms with Crippen molar-refractivity contribution in [2.24, 2.45) is 0 Å². The number of halogens is 1. The Balaban J connectivity index is 1.41. The molecular formula is C17H19BrN4O2. The average Bonchev–Trinajstić information content (AvgIpc) is 3.06. The Hall–Kier alpha value is -2.15. The molecule has 1 fully saturated rings. The van der Waals surface area contributed by atoms with E-state index in [9.17, 15) is 4.79 Å². The minimum atomic E-state index is -0.0638. The molecule has 1 aliphatic heterocycles. The Morgan fingerprint density at radius 1 is 1.29 bits per heavy atom. The number of hydrogen-bond acceptors (Lipinski definition) is 4. The average molecular weight is 391 g/mol. The Morgan fingerprint density at radius 3 is 2.79 bits per heavy atom. The molecule has 1 aromatic carbocycles. The maximum Gasteiger partial charge on any atom is 0.317 e. The van der Waals surface area contributed by atoms with E-state index in [0.717, 1.165) is 17.3 Å². The first-order chi connectivity index (χ1) is 11.7. The molecule has 1 saturated heterocycles. The van der Waals surface area contributed by atoms with Crippen molar-refractivity contribution in [3.05, 3.63) is 52.8 Å². The minimum absolute atomic E-state index is 0.0474. The third-order valence-corrected chi connectivity index (χ3v) is 4.24. The number of carbonyl (C=O) groups is 1. The van der Waals surface area contributed by atoms with Crippen LogP contribution in [0.25, 0.3) is 0 Å². The molecule has 0 radical (unpaired) electrons. The lowest BCUT2D eigenvalue weighted by molar-refractivity contribution is 0.178. The molecule has 2 heterocycles. The van der Waals surface area contributed by atoms with Crippen molar-refractivity contribution in [3.8, 4) is 6.01 Å². The van der Waals surface area contributed by atoms with E-state index < -0.39 is 0 Å². The highest BCUT2D eigenvalue weighted by Crippen LogP contribution is 2.16. The normalized spacial score (nSPS) is 16.9. The van der Waals surface area contributed by atoms with Gasteiger partial charge in [-0.1, -0.05) is 30.3 Å². The van der Waals surface area contributed by atoms with Gasteiger partial charge < -0.3 is 15.0 Å². The Morgan fingerprint density at radius 2 is 2.04 bits per heavy atom. The number of hydrogen-bond donors (Lipinski definition) is 1. The summed E-state index contributed by atoms with van der Waals surface area (Å²) in [5, 5.41) is 2.96. The number of rotatable bonds is 5. The summed E-state index contributed by atoms with van der Waals surface area (Å²) in [6.07, 6.45) is 4.83. The third-order valence-electron chi connectivity index (χ3n) is 3.83. The van der Waals surface area contributed by atoms with Gasteiger partial charge in [-0.25, -0.2) is 14.8 Å². The molecule has 1 aliphatic rings. The van der Waals surface area contributed by atoms with E-state index in [0.29, 0.717) is 25.6 Å². The van der Waals surface area contributed by atoms with Crippen LogP contribution in [0.15, 0.2) is 47.2 Å². The van der Waals surface area contributed by atoms with Gasteiger partial charge in [0.2, 0.25) is 0 Å². The predicted octanol–water partition coefficient (Wildman–Crippen LogP) is 2.64. The standard InChI is InChI=1S/C17H19BrN4O2/c18-14-10-20-16(21-11-14)24-15-7-9-22(12-15)17(23)19-8-6-13-4-2-1-3-5-13/h1-5,10-11,15H,6-9,12H2,(H,19,23)/t15-/m0/s1. The summed E-state index contributed by atoms with van der Waals surface area (Å²) in [6.45, 7) is 1.86. The number of urea groups is 1. The van der Waals surface area contributed by atoms with Gasteiger partial charge in [-0.15, -0.1) is 0 Å². The maximum atomic E-state index is 12.2. The van der Waals surface area contributed by atoms with Crippen molar-refractivity contribution in [1.29, 1.82) is 0 Å². The molecule has 0 unspecified atom stereocenters. The molecule has 2 aromatic rings. The second-order valence-electron chi connectivity index (χ2n) is 5.63. The lowest BCUT2D eigenvalue weighted by Gasteiger charge is -2.17. The van der Waals surface area contributed by atoms with E-state index in [1.165, 1.54) is 5.56 Å². The first kappa shape index (κ1) is 16.7. The number of aromatic nitrogens is 2. The molecule has 1 atom stereocenters. The van der Waals surface area contributed by atoms with Crippen LogP contribution in [0.5, 0.6) is 6.01 Å². The predicted molar refractivity (Wildman–Crippen MR) is 93.9 cm³/mol. The van der Waals surface area contributed by atoms with E-state index in [4.69, 9.17) is 4.74 Å². The molecule has 24 heavy (non-hydrogen) atoms. The maximum absolute atomic E-state index is 12.2. The van der Waals surface area contributed by atoms with Crippen molar-refractivity contribution < 1.29 is 9.53 Å². The number of benzene rings is 1. The molecule has 0 aliphatic carbocycles. The number of nitrogens with one attached hydrogen (secondary N) is 1. The number of likely N-dealkylation sites (tertiary alicyclic amines) is 1. The number of nitrogens with zero attached hydrogens (tertiary/aromatic N) is 3. The van der Waals surface area contributed by atoms with Crippen LogP contribution in [-0.4, -0.2) is 46.6 Å². The highest BCUT2D eigenvalue weighted by molar-refractivity contribution is 9.10. The first-order valence-electron chi connectivity index (χ1n) is 7.91. The first-order valence-corrected chi connectivity index (χ1v) is 8.71. The van der Waals surface area contributed by atoms with E-state index in [-0.39, 0.29) is 12.1 Å². The molecule has 0 bridgehead atoms. The Labute approximate surface area is 149 Å². The van der Waals surface area contributed by atoms with Gasteiger partial charge in [0.1, 0.15) is 6.10 Å². The summed E-state index contributed by atoms with van der Waals surface area (Å²) in [4.78, 5) is 22.2. The van der Waals surface area contributed by atoms with E-state index in [1.54, 1.807) is 17.3 Å². The SMILES string of the molecule is O=C(NCCc1ccccc1)N1CC[C@H](Oc2ncc(Br)cn2)C1. The van der Waals surface area contributed by atoms with Crippen molar-refractivity contribution in [2.45, 2.75) is 18.9 Å². The minimum Gasteiger partial charge on any atom is -0.458 e. The van der Waals surface area contributed by atoms with E-state index in [1.807, 2.05) is 18.2 Å². The van der Waals surface area contributed by atoms with Crippen LogP contribution in [0, 0.1) is 0 Å². The molecule has 126 valence electrons. The fourth-order valence-electron chi connectivity index (χ4n) is 2.59. The summed E-state index contributed by atoms with van der Waals surface area (Å²) in [5.74, 6) is 0. The van der Waals surface area contributed by atoms with Crippen molar-refractivity contribution in [2.75, 3.05) is 19.6 Å². The van der Waals surface area contributed by atoms with Gasteiger partial charge >= 0.3 is 12.0 Å². The van der Waals surface area contributed by atoms with Gasteiger partial charge in [0.25, 0.3) is 0 Å². The van der Waals surface area contributed by atoms with Crippen LogP contribution in [0.4, 0.5) is 4.79 Å². The van der Waals surface area contributed by atoms with Gasteiger partial charge in [-0.05, 0) is 27.9 Å². The molecule has 1 N–H and O–H groups in total.